The summed E-state index contributed by atoms with van der Waals surface area (Å²) < 4.78 is 13.4. The van der Waals surface area contributed by atoms with Crippen LogP contribution in [0.15, 0.2) is 0 Å². The Labute approximate surface area is 332 Å². The molecule has 1 aliphatic heterocycles. The number of amides is 8. The average molecular weight is 832 g/mol. The number of carboxylic acids is 1. The van der Waals surface area contributed by atoms with Crippen molar-refractivity contribution >= 4 is 60.6 Å². The minimum atomic E-state index is -4.24. The molecule has 324 valence electrons. The smallest absolute Gasteiger partial charge is 0.322 e. The third-order valence-electron chi connectivity index (χ3n) is 8.93. The molecule has 0 spiro atoms. The monoisotopic (exact) mass is 831 g/mol. The number of nitrogens with zero attached hydrogens (tertiary/aromatic N) is 1. The van der Waals surface area contributed by atoms with Crippen molar-refractivity contribution in [3.05, 3.63) is 0 Å². The molecule has 1 rings (SSSR count). The highest BCUT2D eigenvalue weighted by atomic mass is 31.2. The minimum absolute atomic E-state index is 0.105. The number of aliphatic carboxylic acids is 1. The molecular weight excluding hydrogens is 769 g/mol. The van der Waals surface area contributed by atoms with E-state index in [9.17, 15) is 52.6 Å². The van der Waals surface area contributed by atoms with Crippen molar-refractivity contribution in [3.63, 3.8) is 0 Å². The van der Waals surface area contributed by atoms with Gasteiger partial charge < -0.3 is 58.3 Å². The van der Waals surface area contributed by atoms with Crippen LogP contribution in [0.5, 0.6) is 0 Å². The van der Waals surface area contributed by atoms with Crippen LogP contribution < -0.4 is 43.4 Å². The molecule has 12 N–H and O–H groups in total. The van der Waals surface area contributed by atoms with Crippen molar-refractivity contribution in [2.45, 2.75) is 123 Å². The first-order valence-electron chi connectivity index (χ1n) is 19.0. The van der Waals surface area contributed by atoms with E-state index in [1.807, 2.05) is 0 Å². The maximum Gasteiger partial charge on any atom is 0.322 e. The van der Waals surface area contributed by atoms with Crippen LogP contribution in [0.1, 0.15) is 87.0 Å². The second-order valence-electron chi connectivity index (χ2n) is 15.4. The van der Waals surface area contributed by atoms with Crippen LogP contribution in [0, 0.1) is 17.8 Å². The zero-order chi connectivity index (χ0) is 43.8. The Morgan fingerprint density at radius 3 is 1.88 bits per heavy atom. The second kappa shape index (κ2) is 23.6. The molecule has 1 fully saturated rings. The zero-order valence-corrected chi connectivity index (χ0v) is 34.7. The Hall–Kier alpha value is -4.62. The summed E-state index contributed by atoms with van der Waals surface area (Å²) in [5, 5.41) is 23.3. The van der Waals surface area contributed by atoms with E-state index in [0.717, 1.165) is 0 Å². The molecule has 22 heteroatoms. The normalized spacial score (nSPS) is 18.2. The summed E-state index contributed by atoms with van der Waals surface area (Å²) in [6.45, 7) is 10.9. The highest BCUT2D eigenvalue weighted by Gasteiger charge is 2.37. The highest BCUT2D eigenvalue weighted by Crippen LogP contribution is 2.42. The zero-order valence-electron chi connectivity index (χ0n) is 33.8. The third-order valence-corrected chi connectivity index (χ3v) is 10.6. The fraction of sp³-hybridized carbons (Fsp3) is 0.743. The lowest BCUT2D eigenvalue weighted by Crippen LogP contribution is -2.56. The first-order valence-corrected chi connectivity index (χ1v) is 21.0. The van der Waals surface area contributed by atoms with Crippen LogP contribution in [0.3, 0.4) is 0 Å². The number of rotatable bonds is 24. The summed E-state index contributed by atoms with van der Waals surface area (Å²) in [5.41, 5.74) is 10.9. The Bertz CT molecular complexity index is 1530. The van der Waals surface area contributed by atoms with Gasteiger partial charge in [0.25, 0.3) is 0 Å². The standard InChI is InChI=1S/C35H62N9O12P/c1-18(2)13-23(16-57(55,56)17-39-29(48)21(6)41-34(53)26-9-8-12-44(26)35(54)20(5)36)31(50)43-25(14-19(3)4)33(52)40-22(7)30(49)42-24(10-11-27(37)45)32(51)38-15-28(46)47/h18-26H,8-17,36H2,1-7H3,(H2,37,45)(H,38,51)(H,39,48)(H,40,52)(H,41,53)(H,42,49)(H,43,50)(H,46,47)(H,55,56)/t20-,21-,22-,23+,24-,25-,26-/m0/s1. The SMILES string of the molecule is CC(C)C[C@H](CP(=O)(O)CNC(=O)[C@H](C)NC(=O)[C@@H]1CCCN1C(=O)[C@H](C)N)C(=O)N[C@@H](CC(C)C)C(=O)N[C@@H](C)C(=O)N[C@@H](CCC(N)=O)C(=O)NCC(=O)O. The predicted octanol–water partition coefficient (Wildman–Crippen LogP) is -2.18. The van der Waals surface area contributed by atoms with Gasteiger partial charge in [0, 0.05) is 25.0 Å². The van der Waals surface area contributed by atoms with Crippen LogP contribution in [0.4, 0.5) is 0 Å². The second-order valence-corrected chi connectivity index (χ2v) is 17.7. The predicted molar refractivity (Wildman–Crippen MR) is 207 cm³/mol. The molecule has 21 nitrogen and oxygen atoms in total. The minimum Gasteiger partial charge on any atom is -0.480 e. The van der Waals surface area contributed by atoms with Gasteiger partial charge in [0.2, 0.25) is 54.6 Å². The fourth-order valence-electron chi connectivity index (χ4n) is 6.05. The van der Waals surface area contributed by atoms with Crippen molar-refractivity contribution in [1.82, 2.24) is 36.8 Å². The van der Waals surface area contributed by atoms with E-state index in [0.29, 0.717) is 19.4 Å². The molecule has 8 atom stereocenters. The molecule has 8 amide bonds. The number of carbonyl (C=O) groups excluding carboxylic acids is 8. The van der Waals surface area contributed by atoms with Crippen LogP contribution >= 0.6 is 7.37 Å². The molecule has 1 heterocycles. The molecule has 0 bridgehead atoms. The van der Waals surface area contributed by atoms with Crippen molar-refractivity contribution in [2.75, 3.05) is 25.5 Å². The van der Waals surface area contributed by atoms with Gasteiger partial charge in [-0.15, -0.1) is 0 Å². The first-order chi connectivity index (χ1) is 26.3. The average Bonchev–Trinajstić information content (AvgIpc) is 3.59. The molecule has 1 unspecified atom stereocenters. The molecule has 1 saturated heterocycles. The quantitative estimate of drug-likeness (QED) is 0.0464. The van der Waals surface area contributed by atoms with Crippen LogP contribution in [0.2, 0.25) is 0 Å². The third kappa shape index (κ3) is 18.5. The van der Waals surface area contributed by atoms with Gasteiger partial charge >= 0.3 is 5.97 Å². The Balaban J connectivity index is 2.98. The number of nitrogens with one attached hydrogen (secondary N) is 6. The molecule has 0 aromatic rings. The maximum absolute atomic E-state index is 13.6. The number of likely N-dealkylation sites (tertiary alicyclic amines) is 1. The highest BCUT2D eigenvalue weighted by molar-refractivity contribution is 7.58. The van der Waals surface area contributed by atoms with E-state index in [-0.39, 0.29) is 37.5 Å². The van der Waals surface area contributed by atoms with Gasteiger partial charge in [-0.1, -0.05) is 27.7 Å². The van der Waals surface area contributed by atoms with Crippen molar-refractivity contribution in [2.24, 2.45) is 29.2 Å². The van der Waals surface area contributed by atoms with E-state index in [2.05, 4.69) is 31.9 Å². The molecule has 0 aromatic heterocycles. The number of hydrogen-bond donors (Lipinski definition) is 10. The molecule has 0 aliphatic carbocycles. The lowest BCUT2D eigenvalue weighted by atomic mass is 9.96. The Morgan fingerprint density at radius 2 is 1.33 bits per heavy atom. The molecule has 57 heavy (non-hydrogen) atoms. The van der Waals surface area contributed by atoms with Gasteiger partial charge in [0.05, 0.1) is 12.3 Å². The summed E-state index contributed by atoms with van der Waals surface area (Å²) in [5.74, 6) is -8.44. The molecule has 0 radical (unpaired) electrons. The first kappa shape index (κ1) is 50.4. The van der Waals surface area contributed by atoms with E-state index in [1.54, 1.807) is 27.7 Å². The lowest BCUT2D eigenvalue weighted by Gasteiger charge is -2.27. The van der Waals surface area contributed by atoms with E-state index < -0.39 is 122 Å². The van der Waals surface area contributed by atoms with Gasteiger partial charge in [0.15, 0.2) is 0 Å². The number of primary amides is 1. The van der Waals surface area contributed by atoms with Gasteiger partial charge in [-0.2, -0.15) is 0 Å². The van der Waals surface area contributed by atoms with Crippen LogP contribution in [-0.4, -0.2) is 130 Å². The fourth-order valence-corrected chi connectivity index (χ4v) is 7.58. The van der Waals surface area contributed by atoms with Crippen molar-refractivity contribution in [1.29, 1.82) is 0 Å². The topological polar surface area (TPSA) is 339 Å². The summed E-state index contributed by atoms with van der Waals surface area (Å²) in [6.07, 6.45) is -0.624. The number of carbonyl (C=O) groups is 9. The number of hydrogen-bond acceptors (Lipinski definition) is 11. The lowest BCUT2D eigenvalue weighted by molar-refractivity contribution is -0.140. The molecule has 0 aromatic carbocycles. The van der Waals surface area contributed by atoms with E-state index >= 15 is 0 Å². The summed E-state index contributed by atoms with van der Waals surface area (Å²) in [6, 6.07) is -6.58. The van der Waals surface area contributed by atoms with Crippen molar-refractivity contribution < 1.29 is 57.7 Å². The molecule has 0 saturated carbocycles. The maximum atomic E-state index is 13.6. The number of nitrogens with two attached hydrogens (primary N) is 2. The molecular formula is C35H62N9O12P. The van der Waals surface area contributed by atoms with Gasteiger partial charge in [-0.25, -0.2) is 0 Å². The van der Waals surface area contributed by atoms with E-state index in [4.69, 9.17) is 16.6 Å². The summed E-state index contributed by atoms with van der Waals surface area (Å²) in [7, 11) is -4.24. The van der Waals surface area contributed by atoms with Crippen LogP contribution in [0.25, 0.3) is 0 Å². The largest absolute Gasteiger partial charge is 0.480 e. The Kier molecular flexibility index (Phi) is 20.8. The van der Waals surface area contributed by atoms with Gasteiger partial charge in [-0.3, -0.25) is 47.7 Å². The van der Waals surface area contributed by atoms with Crippen LogP contribution in [-0.2, 0) is 47.7 Å². The summed E-state index contributed by atoms with van der Waals surface area (Å²) >= 11 is 0. The van der Waals surface area contributed by atoms with Gasteiger partial charge in [0.1, 0.15) is 36.8 Å². The Morgan fingerprint density at radius 1 is 0.754 bits per heavy atom. The van der Waals surface area contributed by atoms with Crippen molar-refractivity contribution in [3.8, 4) is 0 Å². The summed E-state index contributed by atoms with van der Waals surface area (Å²) in [4.78, 5) is 125. The number of carboxylic acid groups (broad SMARTS) is 1. The molecule has 1 aliphatic rings. The van der Waals surface area contributed by atoms with Gasteiger partial charge in [-0.05, 0) is 64.7 Å². The van der Waals surface area contributed by atoms with E-state index in [1.165, 1.54) is 25.7 Å².